The van der Waals surface area contributed by atoms with E-state index in [0.717, 1.165) is 10.1 Å². The first-order chi connectivity index (χ1) is 9.08. The minimum Gasteiger partial charge on any atom is -0.388 e. The molecule has 0 radical (unpaired) electrons. The summed E-state index contributed by atoms with van der Waals surface area (Å²) in [5.74, 6) is -0.234. The van der Waals surface area contributed by atoms with Gasteiger partial charge in [0.15, 0.2) is 0 Å². The summed E-state index contributed by atoms with van der Waals surface area (Å²) < 4.78 is 0.955. The molecule has 6 heteroatoms. The molecule has 2 heterocycles. The summed E-state index contributed by atoms with van der Waals surface area (Å²) >= 11 is 7.58. The predicted octanol–water partition coefficient (Wildman–Crippen LogP) is 1.73. The Kier molecular flexibility index (Phi) is 3.22. The lowest BCUT2D eigenvalue weighted by Gasteiger charge is -2.14. The highest BCUT2D eigenvalue weighted by molar-refractivity contribution is 7.21. The van der Waals surface area contributed by atoms with Crippen molar-refractivity contribution in [1.82, 2.24) is 4.90 Å². The highest BCUT2D eigenvalue weighted by atomic mass is 35.5. The number of hydrogen-bond donors (Lipinski definition) is 2. The van der Waals surface area contributed by atoms with Crippen LogP contribution in [-0.2, 0) is 0 Å². The number of aliphatic hydroxyl groups excluding tert-OH is 2. The topological polar surface area (TPSA) is 60.8 Å². The normalized spacial score (nSPS) is 23.2. The average molecular weight is 298 g/mol. The molecular formula is C13H12ClNO3S. The number of nitrogens with zero attached hydrogens (tertiary/aromatic N) is 1. The van der Waals surface area contributed by atoms with Crippen LogP contribution in [0.4, 0.5) is 0 Å². The summed E-state index contributed by atoms with van der Waals surface area (Å²) in [5, 5.41) is 20.3. The van der Waals surface area contributed by atoms with Gasteiger partial charge < -0.3 is 15.1 Å². The molecular weight excluding hydrogens is 286 g/mol. The molecule has 4 nitrogen and oxygen atoms in total. The van der Waals surface area contributed by atoms with Gasteiger partial charge >= 0.3 is 0 Å². The van der Waals surface area contributed by atoms with E-state index in [2.05, 4.69) is 0 Å². The van der Waals surface area contributed by atoms with E-state index in [9.17, 15) is 15.0 Å². The molecule has 2 N–H and O–H groups in total. The van der Waals surface area contributed by atoms with Gasteiger partial charge in [-0.15, -0.1) is 11.3 Å². The monoisotopic (exact) mass is 297 g/mol. The van der Waals surface area contributed by atoms with Crippen LogP contribution < -0.4 is 0 Å². The van der Waals surface area contributed by atoms with Crippen molar-refractivity contribution >= 4 is 38.9 Å². The number of amides is 1. The highest BCUT2D eigenvalue weighted by Gasteiger charge is 2.34. The van der Waals surface area contributed by atoms with Crippen LogP contribution in [0.1, 0.15) is 9.67 Å². The lowest BCUT2D eigenvalue weighted by Crippen LogP contribution is -2.29. The molecule has 0 bridgehead atoms. The molecule has 100 valence electrons. The van der Waals surface area contributed by atoms with Crippen molar-refractivity contribution in [2.24, 2.45) is 0 Å². The fourth-order valence-electron chi connectivity index (χ4n) is 2.23. The van der Waals surface area contributed by atoms with Gasteiger partial charge in [-0.05, 0) is 6.07 Å². The number of carbonyl (C=O) groups is 1. The summed E-state index contributed by atoms with van der Waals surface area (Å²) in [5.41, 5.74) is 0. The molecule has 1 amide bonds. The van der Waals surface area contributed by atoms with Gasteiger partial charge in [-0.25, -0.2) is 0 Å². The SMILES string of the molecule is O=C(c1sc2ccccc2c1Cl)N1CC(O)C(O)C1. The predicted molar refractivity (Wildman–Crippen MR) is 74.8 cm³/mol. The molecule has 1 aliphatic heterocycles. The summed E-state index contributed by atoms with van der Waals surface area (Å²) in [6, 6.07) is 7.56. The number of β-amino-alcohol motifs (C(OH)–C–C–N with tert-alkyl or cyclic N) is 2. The van der Waals surface area contributed by atoms with Crippen LogP contribution in [-0.4, -0.2) is 46.3 Å². The van der Waals surface area contributed by atoms with Gasteiger partial charge in [0.1, 0.15) is 4.88 Å². The number of carbonyl (C=O) groups excluding carboxylic acids is 1. The lowest BCUT2D eigenvalue weighted by atomic mass is 10.2. The summed E-state index contributed by atoms with van der Waals surface area (Å²) in [4.78, 5) is 14.3. The first kappa shape index (κ1) is 12.9. The van der Waals surface area contributed by atoms with Gasteiger partial charge in [0, 0.05) is 23.2 Å². The maximum Gasteiger partial charge on any atom is 0.265 e. The summed E-state index contributed by atoms with van der Waals surface area (Å²) in [6.45, 7) is 0.287. The third-order valence-corrected chi connectivity index (χ3v) is 4.94. The zero-order valence-electron chi connectivity index (χ0n) is 9.91. The van der Waals surface area contributed by atoms with Crippen molar-refractivity contribution < 1.29 is 15.0 Å². The van der Waals surface area contributed by atoms with Crippen LogP contribution in [0.2, 0.25) is 5.02 Å². The fraction of sp³-hybridized carbons (Fsp3) is 0.308. The van der Waals surface area contributed by atoms with E-state index < -0.39 is 12.2 Å². The van der Waals surface area contributed by atoms with Gasteiger partial charge in [-0.3, -0.25) is 4.79 Å². The molecule has 0 spiro atoms. The van der Waals surface area contributed by atoms with Crippen LogP contribution >= 0.6 is 22.9 Å². The molecule has 1 aromatic carbocycles. The Hall–Kier alpha value is -1.14. The molecule has 3 rings (SSSR count). The number of hydrogen-bond acceptors (Lipinski definition) is 4. The Labute approximate surface area is 118 Å². The highest BCUT2D eigenvalue weighted by Crippen LogP contribution is 2.36. The molecule has 1 aliphatic rings. The van der Waals surface area contributed by atoms with Crippen molar-refractivity contribution in [2.45, 2.75) is 12.2 Å². The van der Waals surface area contributed by atoms with E-state index in [1.165, 1.54) is 16.2 Å². The van der Waals surface area contributed by atoms with Gasteiger partial charge in [0.05, 0.1) is 17.2 Å². The third-order valence-electron chi connectivity index (χ3n) is 3.28. The standard InChI is InChI=1S/C13H12ClNO3S/c14-11-7-3-1-2-4-10(7)19-12(11)13(18)15-5-8(16)9(17)6-15/h1-4,8-9,16-17H,5-6H2. The minimum atomic E-state index is -0.878. The van der Waals surface area contributed by atoms with Gasteiger partial charge in [0.25, 0.3) is 5.91 Å². The number of benzene rings is 1. The van der Waals surface area contributed by atoms with E-state index >= 15 is 0 Å². The number of fused-ring (bicyclic) bond motifs is 1. The quantitative estimate of drug-likeness (QED) is 0.843. The number of aliphatic hydroxyl groups is 2. The Morgan fingerprint density at radius 3 is 2.53 bits per heavy atom. The van der Waals surface area contributed by atoms with Gasteiger partial charge in [0.2, 0.25) is 0 Å². The number of halogens is 1. The fourth-order valence-corrected chi connectivity index (χ4v) is 3.71. The average Bonchev–Trinajstić information content (AvgIpc) is 2.91. The molecule has 1 aromatic heterocycles. The molecule has 1 saturated heterocycles. The maximum atomic E-state index is 12.4. The van der Waals surface area contributed by atoms with Crippen molar-refractivity contribution in [1.29, 1.82) is 0 Å². The second-order valence-electron chi connectivity index (χ2n) is 4.59. The van der Waals surface area contributed by atoms with Crippen molar-refractivity contribution in [3.63, 3.8) is 0 Å². The zero-order chi connectivity index (χ0) is 13.6. The van der Waals surface area contributed by atoms with Crippen molar-refractivity contribution in [3.8, 4) is 0 Å². The van der Waals surface area contributed by atoms with Crippen LogP contribution in [0.15, 0.2) is 24.3 Å². The molecule has 0 saturated carbocycles. The van der Waals surface area contributed by atoms with Crippen LogP contribution in [0, 0.1) is 0 Å². The van der Waals surface area contributed by atoms with Crippen molar-refractivity contribution in [3.05, 3.63) is 34.2 Å². The van der Waals surface area contributed by atoms with E-state index in [0.29, 0.717) is 9.90 Å². The molecule has 19 heavy (non-hydrogen) atoms. The molecule has 2 aromatic rings. The molecule has 0 aliphatic carbocycles. The second-order valence-corrected chi connectivity index (χ2v) is 6.02. The first-order valence-corrected chi connectivity index (χ1v) is 7.10. The van der Waals surface area contributed by atoms with Gasteiger partial charge in [-0.2, -0.15) is 0 Å². The van der Waals surface area contributed by atoms with Crippen LogP contribution in [0.3, 0.4) is 0 Å². The smallest absolute Gasteiger partial charge is 0.265 e. The number of rotatable bonds is 1. The molecule has 1 fully saturated rings. The number of likely N-dealkylation sites (tertiary alicyclic amines) is 1. The maximum absolute atomic E-state index is 12.4. The second kappa shape index (κ2) is 4.76. The molecule has 2 atom stereocenters. The van der Waals surface area contributed by atoms with E-state index in [1.54, 1.807) is 0 Å². The van der Waals surface area contributed by atoms with Gasteiger partial charge in [-0.1, -0.05) is 29.8 Å². The third kappa shape index (κ3) is 2.12. The first-order valence-electron chi connectivity index (χ1n) is 5.90. The Morgan fingerprint density at radius 2 is 1.89 bits per heavy atom. The molecule has 2 unspecified atom stereocenters. The minimum absolute atomic E-state index is 0.143. The Bertz CT molecular complexity index is 632. The summed E-state index contributed by atoms with van der Waals surface area (Å²) in [6.07, 6.45) is -1.76. The number of thiophene rings is 1. The largest absolute Gasteiger partial charge is 0.388 e. The zero-order valence-corrected chi connectivity index (χ0v) is 11.5. The summed E-state index contributed by atoms with van der Waals surface area (Å²) in [7, 11) is 0. The Morgan fingerprint density at radius 1 is 1.26 bits per heavy atom. The van der Waals surface area contributed by atoms with Crippen molar-refractivity contribution in [2.75, 3.05) is 13.1 Å². The van der Waals surface area contributed by atoms with Crippen LogP contribution in [0.5, 0.6) is 0 Å². The van der Waals surface area contributed by atoms with E-state index in [4.69, 9.17) is 11.6 Å². The lowest BCUT2D eigenvalue weighted by molar-refractivity contribution is 0.0572. The van der Waals surface area contributed by atoms with Crippen LogP contribution in [0.25, 0.3) is 10.1 Å². The van der Waals surface area contributed by atoms with E-state index in [-0.39, 0.29) is 19.0 Å². The van der Waals surface area contributed by atoms with E-state index in [1.807, 2.05) is 24.3 Å². The Balaban J connectivity index is 1.96.